The molecule has 0 bridgehead atoms. The number of aliphatic imine (C=N–C) groups is 1. The molecule has 0 saturated heterocycles. The Balaban J connectivity index is 2.60. The molecule has 1 atom stereocenters. The summed E-state index contributed by atoms with van der Waals surface area (Å²) in [5.41, 5.74) is 2.61. The van der Waals surface area contributed by atoms with Crippen molar-refractivity contribution in [2.24, 2.45) is 4.99 Å². The van der Waals surface area contributed by atoms with Gasteiger partial charge in [-0.05, 0) is 33.0 Å². The number of unbranched alkanes of at least 4 members (excludes halogenated alkanes) is 1. The van der Waals surface area contributed by atoms with Crippen molar-refractivity contribution in [3.05, 3.63) is 35.4 Å². The van der Waals surface area contributed by atoms with Gasteiger partial charge in [0.2, 0.25) is 0 Å². The van der Waals surface area contributed by atoms with Gasteiger partial charge in [-0.1, -0.05) is 43.2 Å². The van der Waals surface area contributed by atoms with Crippen LogP contribution in [0.4, 0.5) is 0 Å². The first-order valence-electron chi connectivity index (χ1n) is 7.76. The van der Waals surface area contributed by atoms with Crippen LogP contribution in [0.1, 0.15) is 36.9 Å². The third-order valence-electron chi connectivity index (χ3n) is 3.59. The van der Waals surface area contributed by atoms with Crippen LogP contribution in [0.5, 0.6) is 0 Å². The molecule has 118 valence electrons. The molecular formula is C17H30N4. The maximum Gasteiger partial charge on any atom is 0.191 e. The number of nitrogens with one attached hydrogen (secondary N) is 2. The molecule has 0 aliphatic heterocycles. The van der Waals surface area contributed by atoms with E-state index in [1.807, 2.05) is 7.05 Å². The molecule has 4 nitrogen and oxygen atoms in total. The first kappa shape index (κ1) is 17.5. The quantitative estimate of drug-likeness (QED) is 0.460. The van der Waals surface area contributed by atoms with Crippen LogP contribution >= 0.6 is 0 Å². The normalized spacial score (nSPS) is 13.3. The van der Waals surface area contributed by atoms with Crippen molar-refractivity contribution in [1.82, 2.24) is 15.5 Å². The lowest BCUT2D eigenvalue weighted by Gasteiger charge is -2.26. The SMILES string of the molecule is CCCCNC(=NC)NCC(c1ccc(C)cc1)N(C)C. The van der Waals surface area contributed by atoms with Crippen molar-refractivity contribution < 1.29 is 0 Å². The van der Waals surface area contributed by atoms with Gasteiger partial charge in [0, 0.05) is 20.1 Å². The lowest BCUT2D eigenvalue weighted by molar-refractivity contribution is 0.298. The smallest absolute Gasteiger partial charge is 0.191 e. The molecule has 0 saturated carbocycles. The van der Waals surface area contributed by atoms with Gasteiger partial charge in [0.1, 0.15) is 0 Å². The number of guanidine groups is 1. The largest absolute Gasteiger partial charge is 0.356 e. The number of benzene rings is 1. The topological polar surface area (TPSA) is 39.7 Å². The average molecular weight is 290 g/mol. The summed E-state index contributed by atoms with van der Waals surface area (Å²) in [5, 5.41) is 6.77. The lowest BCUT2D eigenvalue weighted by Crippen LogP contribution is -2.42. The van der Waals surface area contributed by atoms with Crippen LogP contribution in [0.25, 0.3) is 0 Å². The van der Waals surface area contributed by atoms with Crippen LogP contribution in [0.3, 0.4) is 0 Å². The van der Waals surface area contributed by atoms with Gasteiger partial charge in [-0.2, -0.15) is 0 Å². The van der Waals surface area contributed by atoms with E-state index >= 15 is 0 Å². The Kier molecular flexibility index (Phi) is 7.83. The molecule has 0 amide bonds. The monoisotopic (exact) mass is 290 g/mol. The number of nitrogens with zero attached hydrogens (tertiary/aromatic N) is 2. The number of hydrogen-bond acceptors (Lipinski definition) is 2. The maximum absolute atomic E-state index is 4.27. The number of aryl methyl sites for hydroxylation is 1. The van der Waals surface area contributed by atoms with Crippen LogP contribution in [0.15, 0.2) is 29.3 Å². The minimum absolute atomic E-state index is 0.329. The van der Waals surface area contributed by atoms with E-state index in [4.69, 9.17) is 0 Å². The molecule has 0 aliphatic carbocycles. The van der Waals surface area contributed by atoms with Crippen molar-refractivity contribution in [3.8, 4) is 0 Å². The molecule has 0 aliphatic rings. The zero-order chi connectivity index (χ0) is 15.7. The summed E-state index contributed by atoms with van der Waals surface area (Å²) < 4.78 is 0. The van der Waals surface area contributed by atoms with Gasteiger partial charge in [-0.25, -0.2) is 0 Å². The zero-order valence-corrected chi connectivity index (χ0v) is 14.1. The van der Waals surface area contributed by atoms with Crippen molar-refractivity contribution in [2.45, 2.75) is 32.7 Å². The summed E-state index contributed by atoms with van der Waals surface area (Å²) in [6, 6.07) is 9.07. The summed E-state index contributed by atoms with van der Waals surface area (Å²) in [7, 11) is 6.04. The standard InChI is InChI=1S/C17H30N4/c1-6-7-12-19-17(18-3)20-13-16(21(4)5)15-10-8-14(2)9-11-15/h8-11,16H,6-7,12-13H2,1-5H3,(H2,18,19,20). The van der Waals surface area contributed by atoms with E-state index in [2.05, 4.69) is 72.7 Å². The van der Waals surface area contributed by atoms with Gasteiger partial charge in [0.25, 0.3) is 0 Å². The maximum atomic E-state index is 4.27. The lowest BCUT2D eigenvalue weighted by atomic mass is 10.0. The van der Waals surface area contributed by atoms with Crippen molar-refractivity contribution in [2.75, 3.05) is 34.2 Å². The molecule has 1 rings (SSSR count). The zero-order valence-electron chi connectivity index (χ0n) is 14.1. The third-order valence-corrected chi connectivity index (χ3v) is 3.59. The van der Waals surface area contributed by atoms with E-state index in [-0.39, 0.29) is 0 Å². The third kappa shape index (κ3) is 6.17. The Hall–Kier alpha value is -1.55. The number of hydrogen-bond donors (Lipinski definition) is 2. The molecule has 0 fully saturated rings. The van der Waals surface area contributed by atoms with E-state index in [1.165, 1.54) is 17.5 Å². The van der Waals surface area contributed by atoms with Crippen LogP contribution in [-0.2, 0) is 0 Å². The first-order chi connectivity index (χ1) is 10.1. The Morgan fingerprint density at radius 3 is 2.38 bits per heavy atom. The fraction of sp³-hybridized carbons (Fsp3) is 0.588. The number of likely N-dealkylation sites (N-methyl/N-ethyl adjacent to an activating group) is 1. The van der Waals surface area contributed by atoms with E-state index in [1.54, 1.807) is 0 Å². The fourth-order valence-electron chi connectivity index (χ4n) is 2.18. The summed E-state index contributed by atoms with van der Waals surface area (Å²) >= 11 is 0. The van der Waals surface area contributed by atoms with Gasteiger partial charge in [-0.15, -0.1) is 0 Å². The van der Waals surface area contributed by atoms with Crippen molar-refractivity contribution in [1.29, 1.82) is 0 Å². The highest BCUT2D eigenvalue weighted by Gasteiger charge is 2.14. The summed E-state index contributed by atoms with van der Waals surface area (Å²) in [6.45, 7) is 6.11. The minimum atomic E-state index is 0.329. The minimum Gasteiger partial charge on any atom is -0.356 e. The van der Waals surface area contributed by atoms with E-state index in [0.717, 1.165) is 25.5 Å². The predicted octanol–water partition coefficient (Wildman–Crippen LogP) is 2.56. The second kappa shape index (κ2) is 9.40. The molecule has 1 aromatic rings. The molecule has 0 heterocycles. The molecule has 0 radical (unpaired) electrons. The summed E-state index contributed by atoms with van der Waals surface area (Å²) in [4.78, 5) is 6.51. The number of rotatable bonds is 7. The van der Waals surface area contributed by atoms with Crippen LogP contribution in [-0.4, -0.2) is 45.1 Å². The Labute approximate surface area is 129 Å². The van der Waals surface area contributed by atoms with Gasteiger partial charge in [0.05, 0.1) is 6.04 Å². The Morgan fingerprint density at radius 1 is 1.19 bits per heavy atom. The van der Waals surface area contributed by atoms with Crippen LogP contribution < -0.4 is 10.6 Å². The van der Waals surface area contributed by atoms with Crippen molar-refractivity contribution in [3.63, 3.8) is 0 Å². The Morgan fingerprint density at radius 2 is 1.86 bits per heavy atom. The Bertz CT molecular complexity index is 423. The molecule has 1 unspecified atom stereocenters. The van der Waals surface area contributed by atoms with E-state index in [0.29, 0.717) is 6.04 Å². The highest BCUT2D eigenvalue weighted by atomic mass is 15.2. The van der Waals surface area contributed by atoms with Gasteiger partial charge in [0.15, 0.2) is 5.96 Å². The predicted molar refractivity (Wildman–Crippen MR) is 91.9 cm³/mol. The molecule has 2 N–H and O–H groups in total. The second-order valence-electron chi connectivity index (χ2n) is 5.62. The summed E-state index contributed by atoms with van der Waals surface area (Å²) in [6.07, 6.45) is 2.35. The molecule has 0 spiro atoms. The highest BCUT2D eigenvalue weighted by Crippen LogP contribution is 2.17. The van der Waals surface area contributed by atoms with Crippen LogP contribution in [0.2, 0.25) is 0 Å². The van der Waals surface area contributed by atoms with Crippen molar-refractivity contribution >= 4 is 5.96 Å². The molecule has 4 heteroatoms. The fourth-order valence-corrected chi connectivity index (χ4v) is 2.18. The summed E-state index contributed by atoms with van der Waals surface area (Å²) in [5.74, 6) is 0.877. The molecular weight excluding hydrogens is 260 g/mol. The highest BCUT2D eigenvalue weighted by molar-refractivity contribution is 5.79. The van der Waals surface area contributed by atoms with Crippen LogP contribution in [0, 0.1) is 6.92 Å². The first-order valence-corrected chi connectivity index (χ1v) is 7.76. The van der Waals surface area contributed by atoms with Gasteiger partial charge < -0.3 is 15.5 Å². The molecule has 0 aromatic heterocycles. The molecule has 21 heavy (non-hydrogen) atoms. The average Bonchev–Trinajstić information content (AvgIpc) is 2.47. The van der Waals surface area contributed by atoms with Gasteiger partial charge in [-0.3, -0.25) is 4.99 Å². The van der Waals surface area contributed by atoms with E-state index in [9.17, 15) is 0 Å². The van der Waals surface area contributed by atoms with Gasteiger partial charge >= 0.3 is 0 Å². The molecule has 1 aromatic carbocycles. The second-order valence-corrected chi connectivity index (χ2v) is 5.62. The van der Waals surface area contributed by atoms with E-state index < -0.39 is 0 Å².